The highest BCUT2D eigenvalue weighted by Gasteiger charge is 2.18. The smallest absolute Gasteiger partial charge is 0.305 e. The Morgan fingerprint density at radius 1 is 0.397 bits per heavy atom. The standard InChI is InChI=1S/C62H121NO5/c1-3-5-7-9-11-13-15-16-28-32-36-40-44-48-52-56-62(67)68-57-53-49-45-41-37-33-30-27-25-23-21-19-17-18-20-22-24-26-29-31-35-39-43-47-51-55-61(66)63-59(58-64)60(65)54-50-46-42-38-34-14-12-10-8-6-4-2/h50,54,59-60,64-65H,3-49,51-53,55-58H2,1-2H3,(H,63,66)/b54-50+. The molecule has 2 atom stereocenters. The molecular formula is C62H121NO5. The maximum Gasteiger partial charge on any atom is 0.305 e. The summed E-state index contributed by atoms with van der Waals surface area (Å²) in [6.07, 6.45) is 69.8. The zero-order chi connectivity index (χ0) is 49.3. The summed E-state index contributed by atoms with van der Waals surface area (Å²) in [7, 11) is 0. The molecule has 0 aliphatic rings. The Bertz CT molecular complexity index is 1020. The molecule has 0 rings (SSSR count). The number of ether oxygens (including phenoxy) is 1. The average Bonchev–Trinajstić information content (AvgIpc) is 3.34. The second-order valence-electron chi connectivity index (χ2n) is 21.4. The van der Waals surface area contributed by atoms with Gasteiger partial charge in [0, 0.05) is 12.8 Å². The van der Waals surface area contributed by atoms with Crippen molar-refractivity contribution in [3.63, 3.8) is 0 Å². The van der Waals surface area contributed by atoms with Crippen molar-refractivity contribution < 1.29 is 24.5 Å². The lowest BCUT2D eigenvalue weighted by Crippen LogP contribution is -2.45. The molecule has 0 aliphatic heterocycles. The van der Waals surface area contributed by atoms with E-state index in [-0.39, 0.29) is 18.5 Å². The third-order valence-corrected chi connectivity index (χ3v) is 14.6. The Morgan fingerprint density at radius 2 is 0.676 bits per heavy atom. The molecule has 6 heteroatoms. The minimum atomic E-state index is -0.841. The molecule has 0 aromatic heterocycles. The van der Waals surface area contributed by atoms with Crippen LogP contribution in [0.15, 0.2) is 12.2 Å². The van der Waals surface area contributed by atoms with Crippen LogP contribution in [0.4, 0.5) is 0 Å². The van der Waals surface area contributed by atoms with Gasteiger partial charge in [0.25, 0.3) is 0 Å². The number of hydrogen-bond acceptors (Lipinski definition) is 5. The van der Waals surface area contributed by atoms with Gasteiger partial charge in [-0.15, -0.1) is 0 Å². The van der Waals surface area contributed by atoms with E-state index in [1.54, 1.807) is 6.08 Å². The van der Waals surface area contributed by atoms with Gasteiger partial charge in [0.05, 0.1) is 25.4 Å². The first-order chi connectivity index (χ1) is 33.5. The number of aliphatic hydroxyl groups excluding tert-OH is 2. The lowest BCUT2D eigenvalue weighted by Gasteiger charge is -2.20. The van der Waals surface area contributed by atoms with Gasteiger partial charge in [-0.3, -0.25) is 9.59 Å². The topological polar surface area (TPSA) is 95.9 Å². The van der Waals surface area contributed by atoms with Crippen LogP contribution in [0.2, 0.25) is 0 Å². The highest BCUT2D eigenvalue weighted by atomic mass is 16.5. The Morgan fingerprint density at radius 3 is 1.00 bits per heavy atom. The van der Waals surface area contributed by atoms with Crippen LogP contribution < -0.4 is 5.32 Å². The third kappa shape index (κ3) is 53.9. The zero-order valence-corrected chi connectivity index (χ0v) is 46.1. The molecule has 6 nitrogen and oxygen atoms in total. The van der Waals surface area contributed by atoms with Crippen molar-refractivity contribution in [2.24, 2.45) is 0 Å². The minimum Gasteiger partial charge on any atom is -0.466 e. The fourth-order valence-electron chi connectivity index (χ4n) is 9.81. The average molecular weight is 961 g/mol. The van der Waals surface area contributed by atoms with Gasteiger partial charge in [-0.2, -0.15) is 0 Å². The summed E-state index contributed by atoms with van der Waals surface area (Å²) in [5.41, 5.74) is 0. The van der Waals surface area contributed by atoms with E-state index in [0.29, 0.717) is 19.4 Å². The molecule has 2 unspecified atom stereocenters. The number of unbranched alkanes of at least 4 members (excludes halogenated alkanes) is 47. The maximum atomic E-state index is 12.4. The van der Waals surface area contributed by atoms with Gasteiger partial charge in [-0.05, 0) is 32.1 Å². The van der Waals surface area contributed by atoms with E-state index in [2.05, 4.69) is 19.2 Å². The summed E-state index contributed by atoms with van der Waals surface area (Å²) >= 11 is 0. The normalized spacial score (nSPS) is 12.6. The second-order valence-corrected chi connectivity index (χ2v) is 21.4. The van der Waals surface area contributed by atoms with E-state index in [1.165, 1.54) is 283 Å². The summed E-state index contributed by atoms with van der Waals surface area (Å²) < 4.78 is 5.49. The number of allylic oxidation sites excluding steroid dienone is 1. The first-order valence-corrected chi connectivity index (χ1v) is 31.0. The highest BCUT2D eigenvalue weighted by Crippen LogP contribution is 2.18. The number of esters is 1. The van der Waals surface area contributed by atoms with Crippen molar-refractivity contribution in [1.82, 2.24) is 5.32 Å². The number of carbonyl (C=O) groups is 2. The van der Waals surface area contributed by atoms with Gasteiger partial charge in [0.2, 0.25) is 5.91 Å². The van der Waals surface area contributed by atoms with Crippen molar-refractivity contribution in [1.29, 1.82) is 0 Å². The number of hydrogen-bond donors (Lipinski definition) is 3. The van der Waals surface area contributed by atoms with E-state index in [0.717, 1.165) is 38.5 Å². The van der Waals surface area contributed by atoms with Crippen molar-refractivity contribution in [3.05, 3.63) is 12.2 Å². The molecule has 0 aromatic carbocycles. The molecule has 0 saturated carbocycles. The van der Waals surface area contributed by atoms with Gasteiger partial charge in [0.1, 0.15) is 0 Å². The van der Waals surface area contributed by atoms with Crippen LogP contribution in [0, 0.1) is 0 Å². The Hall–Kier alpha value is -1.40. The zero-order valence-electron chi connectivity index (χ0n) is 46.1. The Kier molecular flexibility index (Phi) is 57.0. The number of nitrogens with one attached hydrogen (secondary N) is 1. The SMILES string of the molecule is CCCCCCCCCCC/C=C/C(O)C(CO)NC(=O)CCCCCCCCCCCCCCCCCCCCCCCCCCCOC(=O)CCCCCCCCCCCCCCCCC. The largest absolute Gasteiger partial charge is 0.466 e. The van der Waals surface area contributed by atoms with Crippen molar-refractivity contribution in [3.8, 4) is 0 Å². The summed E-state index contributed by atoms with van der Waals surface area (Å²) in [6.45, 7) is 4.92. The Labute approximate surface area is 425 Å². The molecule has 0 spiro atoms. The molecule has 0 saturated heterocycles. The number of amides is 1. The molecule has 0 aromatic rings. The van der Waals surface area contributed by atoms with Gasteiger partial charge < -0.3 is 20.3 Å². The van der Waals surface area contributed by atoms with Crippen LogP contribution in [0.1, 0.15) is 348 Å². The molecule has 0 aliphatic carbocycles. The predicted octanol–water partition coefficient (Wildman–Crippen LogP) is 19.2. The van der Waals surface area contributed by atoms with Crippen LogP contribution in [0.3, 0.4) is 0 Å². The molecule has 0 bridgehead atoms. The molecular weight excluding hydrogens is 839 g/mol. The van der Waals surface area contributed by atoms with Crippen LogP contribution in [-0.4, -0.2) is 47.4 Å². The number of aliphatic hydroxyl groups is 2. The molecule has 0 fully saturated rings. The van der Waals surface area contributed by atoms with E-state index in [9.17, 15) is 19.8 Å². The van der Waals surface area contributed by atoms with Crippen LogP contribution in [0.5, 0.6) is 0 Å². The quantitative estimate of drug-likeness (QED) is 0.0321. The highest BCUT2D eigenvalue weighted by molar-refractivity contribution is 5.76. The molecule has 0 heterocycles. The van der Waals surface area contributed by atoms with Gasteiger partial charge in [-0.1, -0.05) is 315 Å². The first-order valence-electron chi connectivity index (χ1n) is 31.0. The van der Waals surface area contributed by atoms with Gasteiger partial charge in [0.15, 0.2) is 0 Å². The number of carbonyl (C=O) groups excluding carboxylic acids is 2. The lowest BCUT2D eigenvalue weighted by molar-refractivity contribution is -0.143. The molecule has 1 amide bonds. The van der Waals surface area contributed by atoms with E-state index >= 15 is 0 Å². The molecule has 0 radical (unpaired) electrons. The summed E-state index contributed by atoms with van der Waals surface area (Å²) in [5.74, 6) is -0.0467. The lowest BCUT2D eigenvalue weighted by atomic mass is 10.0. The van der Waals surface area contributed by atoms with Gasteiger partial charge in [-0.25, -0.2) is 0 Å². The second kappa shape index (κ2) is 58.2. The fourth-order valence-corrected chi connectivity index (χ4v) is 9.81. The van der Waals surface area contributed by atoms with Crippen molar-refractivity contribution >= 4 is 11.9 Å². The first kappa shape index (κ1) is 66.6. The summed E-state index contributed by atoms with van der Waals surface area (Å²) in [6, 6.07) is -0.624. The monoisotopic (exact) mass is 960 g/mol. The van der Waals surface area contributed by atoms with Crippen molar-refractivity contribution in [2.75, 3.05) is 13.2 Å². The van der Waals surface area contributed by atoms with Crippen LogP contribution in [-0.2, 0) is 14.3 Å². The van der Waals surface area contributed by atoms with Crippen molar-refractivity contribution in [2.45, 2.75) is 360 Å². The van der Waals surface area contributed by atoms with E-state index < -0.39 is 12.1 Å². The van der Waals surface area contributed by atoms with E-state index in [4.69, 9.17) is 4.74 Å². The predicted molar refractivity (Wildman–Crippen MR) is 297 cm³/mol. The molecule has 404 valence electrons. The fraction of sp³-hybridized carbons (Fsp3) is 0.935. The maximum absolute atomic E-state index is 12.4. The summed E-state index contributed by atoms with van der Waals surface area (Å²) in [5, 5.41) is 23.0. The van der Waals surface area contributed by atoms with E-state index in [1.807, 2.05) is 6.08 Å². The minimum absolute atomic E-state index is 0.0193. The van der Waals surface area contributed by atoms with Gasteiger partial charge >= 0.3 is 5.97 Å². The third-order valence-electron chi connectivity index (χ3n) is 14.6. The molecule has 68 heavy (non-hydrogen) atoms. The summed E-state index contributed by atoms with van der Waals surface area (Å²) in [4.78, 5) is 24.5. The van der Waals surface area contributed by atoms with Crippen LogP contribution in [0.25, 0.3) is 0 Å². The Balaban J connectivity index is 3.34. The molecule has 3 N–H and O–H groups in total. The van der Waals surface area contributed by atoms with Crippen LogP contribution >= 0.6 is 0 Å². The number of rotatable bonds is 58.